The molecule has 2 atom stereocenters. The third-order valence-electron chi connectivity index (χ3n) is 3.44. The molecular formula is C14H26N2O3. The van der Waals surface area contributed by atoms with Crippen LogP contribution < -0.4 is 10.6 Å². The highest BCUT2D eigenvalue weighted by molar-refractivity contribution is 5.67. The van der Waals surface area contributed by atoms with E-state index in [1.54, 1.807) is 0 Å². The van der Waals surface area contributed by atoms with Gasteiger partial charge < -0.3 is 20.1 Å². The highest BCUT2D eigenvalue weighted by atomic mass is 16.6. The van der Waals surface area contributed by atoms with Crippen molar-refractivity contribution in [2.45, 2.75) is 57.7 Å². The van der Waals surface area contributed by atoms with Crippen LogP contribution in [0.5, 0.6) is 0 Å². The van der Waals surface area contributed by atoms with Gasteiger partial charge in [0.2, 0.25) is 0 Å². The van der Waals surface area contributed by atoms with E-state index in [-0.39, 0.29) is 6.09 Å². The second kappa shape index (κ2) is 6.09. The monoisotopic (exact) mass is 270 g/mol. The quantitative estimate of drug-likeness (QED) is 0.798. The first-order chi connectivity index (χ1) is 8.94. The molecular weight excluding hydrogens is 244 g/mol. The lowest BCUT2D eigenvalue weighted by atomic mass is 10.1. The van der Waals surface area contributed by atoms with Crippen LogP contribution in [0, 0.1) is 5.92 Å². The Kier molecular flexibility index (Phi) is 4.68. The molecule has 0 aromatic carbocycles. The molecule has 0 aromatic heterocycles. The smallest absolute Gasteiger partial charge is 0.407 e. The highest BCUT2D eigenvalue weighted by Crippen LogP contribution is 2.33. The minimum atomic E-state index is -0.439. The summed E-state index contributed by atoms with van der Waals surface area (Å²) in [6, 6.07) is 0.783. The Bertz CT molecular complexity index is 304. The zero-order valence-electron chi connectivity index (χ0n) is 12.2. The molecule has 0 unspecified atom stereocenters. The number of rotatable bonds is 5. The minimum absolute atomic E-state index is 0.331. The van der Waals surface area contributed by atoms with Gasteiger partial charge in [0, 0.05) is 25.2 Å². The van der Waals surface area contributed by atoms with Crippen molar-refractivity contribution in [2.75, 3.05) is 19.8 Å². The van der Waals surface area contributed by atoms with Gasteiger partial charge in [-0.3, -0.25) is 0 Å². The van der Waals surface area contributed by atoms with Gasteiger partial charge in [-0.1, -0.05) is 0 Å². The van der Waals surface area contributed by atoms with Gasteiger partial charge in [0.1, 0.15) is 5.60 Å². The molecule has 19 heavy (non-hydrogen) atoms. The van der Waals surface area contributed by atoms with Crippen LogP contribution in [-0.4, -0.2) is 43.5 Å². The molecule has 1 aliphatic heterocycles. The molecule has 5 nitrogen and oxygen atoms in total. The number of carbonyl (C=O) groups excluding carboxylic acids is 1. The molecule has 1 heterocycles. The zero-order valence-corrected chi connectivity index (χ0v) is 12.2. The van der Waals surface area contributed by atoms with Crippen molar-refractivity contribution in [1.29, 1.82) is 0 Å². The van der Waals surface area contributed by atoms with E-state index in [1.807, 2.05) is 20.8 Å². The first kappa shape index (κ1) is 14.6. The average molecular weight is 270 g/mol. The van der Waals surface area contributed by atoms with Crippen LogP contribution in [0.2, 0.25) is 0 Å². The van der Waals surface area contributed by atoms with Gasteiger partial charge in [-0.25, -0.2) is 4.79 Å². The maximum atomic E-state index is 11.7. The predicted octanol–water partition coefficient (Wildman–Crippen LogP) is 1.67. The van der Waals surface area contributed by atoms with Gasteiger partial charge in [-0.15, -0.1) is 0 Å². The van der Waals surface area contributed by atoms with Crippen molar-refractivity contribution < 1.29 is 14.3 Å². The lowest BCUT2D eigenvalue weighted by molar-refractivity contribution is 0.0520. The molecule has 2 fully saturated rings. The minimum Gasteiger partial charge on any atom is -0.444 e. The third kappa shape index (κ3) is 5.37. The summed E-state index contributed by atoms with van der Waals surface area (Å²) in [5, 5.41) is 6.47. The lowest BCUT2D eigenvalue weighted by Crippen LogP contribution is -2.47. The van der Waals surface area contributed by atoms with Crippen LogP contribution in [0.25, 0.3) is 0 Å². The summed E-state index contributed by atoms with van der Waals surface area (Å²) in [5.74, 6) is 0.690. The summed E-state index contributed by atoms with van der Waals surface area (Å²) in [6.45, 7) is 7.89. The molecule has 5 heteroatoms. The Morgan fingerprint density at radius 2 is 2.11 bits per heavy atom. The second-order valence-corrected chi connectivity index (χ2v) is 6.55. The first-order valence-electron chi connectivity index (χ1n) is 7.25. The summed E-state index contributed by atoms with van der Waals surface area (Å²) in [7, 11) is 0. The fourth-order valence-electron chi connectivity index (χ4n) is 2.34. The Hall–Kier alpha value is -0.810. The number of amides is 1. The summed E-state index contributed by atoms with van der Waals surface area (Å²) < 4.78 is 10.6. The zero-order chi connectivity index (χ0) is 13.9. The lowest BCUT2D eigenvalue weighted by Gasteiger charge is -2.24. The van der Waals surface area contributed by atoms with E-state index < -0.39 is 5.60 Å². The Morgan fingerprint density at radius 3 is 2.63 bits per heavy atom. The maximum Gasteiger partial charge on any atom is 0.407 e. The molecule has 0 radical (unpaired) electrons. The molecule has 0 spiro atoms. The summed E-state index contributed by atoms with van der Waals surface area (Å²) in [6.07, 6.45) is 3.24. The number of alkyl carbamates (subject to hydrolysis) is 1. The van der Waals surface area contributed by atoms with Crippen LogP contribution in [0.3, 0.4) is 0 Å². The number of hydrogen-bond acceptors (Lipinski definition) is 4. The van der Waals surface area contributed by atoms with Crippen molar-refractivity contribution in [3.05, 3.63) is 0 Å². The summed E-state index contributed by atoms with van der Waals surface area (Å²) in [4.78, 5) is 11.7. The molecule has 2 N–H and O–H groups in total. The summed E-state index contributed by atoms with van der Waals surface area (Å²) >= 11 is 0. The molecule has 1 saturated carbocycles. The van der Waals surface area contributed by atoms with Crippen LogP contribution in [0.15, 0.2) is 0 Å². The fourth-order valence-corrected chi connectivity index (χ4v) is 2.34. The fraction of sp³-hybridized carbons (Fsp3) is 0.929. The van der Waals surface area contributed by atoms with E-state index in [0.29, 0.717) is 24.5 Å². The van der Waals surface area contributed by atoms with Crippen LogP contribution in [0.1, 0.15) is 40.0 Å². The molecule has 2 rings (SSSR count). The molecule has 0 bridgehead atoms. The van der Waals surface area contributed by atoms with Crippen molar-refractivity contribution in [3.8, 4) is 0 Å². The van der Waals surface area contributed by atoms with Crippen molar-refractivity contribution >= 4 is 6.09 Å². The standard InChI is InChI=1S/C14H26N2O3/c1-14(2,3)19-13(17)15-8-12(10-4-5-10)16-11-6-7-18-9-11/h10-12,16H,4-9H2,1-3H3,(H,15,17)/t11-,12+/m1/s1. The number of nitrogens with one attached hydrogen (secondary N) is 2. The SMILES string of the molecule is CC(C)(C)OC(=O)NC[C@H](N[C@@H]1CCOC1)C1CC1. The molecule has 2 aliphatic rings. The maximum absolute atomic E-state index is 11.7. The average Bonchev–Trinajstić information content (AvgIpc) is 3.00. The van der Waals surface area contributed by atoms with Gasteiger partial charge in [0.05, 0.1) is 6.61 Å². The highest BCUT2D eigenvalue weighted by Gasteiger charge is 2.33. The van der Waals surface area contributed by atoms with Crippen molar-refractivity contribution in [3.63, 3.8) is 0 Å². The Balaban J connectivity index is 1.72. The largest absolute Gasteiger partial charge is 0.444 e. The normalized spacial score (nSPS) is 25.1. The van der Waals surface area contributed by atoms with E-state index >= 15 is 0 Å². The molecule has 110 valence electrons. The van der Waals surface area contributed by atoms with Gasteiger partial charge in [-0.2, -0.15) is 0 Å². The van der Waals surface area contributed by atoms with Crippen molar-refractivity contribution in [1.82, 2.24) is 10.6 Å². The van der Waals surface area contributed by atoms with E-state index in [1.165, 1.54) is 12.8 Å². The van der Waals surface area contributed by atoms with Crippen LogP contribution in [0.4, 0.5) is 4.79 Å². The van der Waals surface area contributed by atoms with Crippen LogP contribution in [-0.2, 0) is 9.47 Å². The number of ether oxygens (including phenoxy) is 2. The number of carbonyl (C=O) groups is 1. The van der Waals surface area contributed by atoms with Crippen molar-refractivity contribution in [2.24, 2.45) is 5.92 Å². The number of hydrogen-bond donors (Lipinski definition) is 2. The van der Waals surface area contributed by atoms with E-state index in [9.17, 15) is 4.79 Å². The molecule has 1 aliphatic carbocycles. The summed E-state index contributed by atoms with van der Waals surface area (Å²) in [5.41, 5.74) is -0.439. The molecule has 1 amide bonds. The van der Waals surface area contributed by atoms with E-state index in [0.717, 1.165) is 19.6 Å². The van der Waals surface area contributed by atoms with E-state index in [2.05, 4.69) is 10.6 Å². The topological polar surface area (TPSA) is 59.6 Å². The first-order valence-corrected chi connectivity index (χ1v) is 7.25. The van der Waals surface area contributed by atoms with Crippen LogP contribution >= 0.6 is 0 Å². The molecule has 1 saturated heterocycles. The second-order valence-electron chi connectivity index (χ2n) is 6.55. The third-order valence-corrected chi connectivity index (χ3v) is 3.44. The van der Waals surface area contributed by atoms with E-state index in [4.69, 9.17) is 9.47 Å². The Morgan fingerprint density at radius 1 is 1.37 bits per heavy atom. The van der Waals surface area contributed by atoms with Gasteiger partial charge in [0.15, 0.2) is 0 Å². The Labute approximate surface area is 115 Å². The van der Waals surface area contributed by atoms with Gasteiger partial charge in [-0.05, 0) is 46.0 Å². The van der Waals surface area contributed by atoms with Gasteiger partial charge >= 0.3 is 6.09 Å². The predicted molar refractivity (Wildman–Crippen MR) is 73.1 cm³/mol. The molecule has 0 aromatic rings. The van der Waals surface area contributed by atoms with Gasteiger partial charge in [0.25, 0.3) is 0 Å².